The second kappa shape index (κ2) is 6.86. The van der Waals surface area contributed by atoms with Crippen molar-refractivity contribution in [1.82, 2.24) is 0 Å². The van der Waals surface area contributed by atoms with Crippen LogP contribution in [0, 0.1) is 6.92 Å². The van der Waals surface area contributed by atoms with E-state index in [1.807, 2.05) is 0 Å². The Morgan fingerprint density at radius 2 is 1.21 bits per heavy atom. The van der Waals surface area contributed by atoms with E-state index in [0.717, 1.165) is 0 Å². The average molecular weight is 334 g/mol. The molecule has 0 amide bonds. The molecule has 1 unspecified atom stereocenters. The van der Waals surface area contributed by atoms with Gasteiger partial charge in [-0.25, -0.2) is 0 Å². The minimum Gasteiger partial charge on any atom is -0.0619 e. The summed E-state index contributed by atoms with van der Waals surface area (Å²) in [5.41, 5.74) is 2.86. The van der Waals surface area contributed by atoms with Gasteiger partial charge in [0, 0.05) is 0 Å². The molecule has 0 aliphatic rings. The van der Waals surface area contributed by atoms with Gasteiger partial charge in [0.2, 0.25) is 0 Å². The summed E-state index contributed by atoms with van der Waals surface area (Å²) in [5.74, 6) is 0. The first-order chi connectivity index (χ1) is 11.4. The van der Waals surface area contributed by atoms with Gasteiger partial charge in [-0.05, 0) is 54.3 Å². The highest BCUT2D eigenvalue weighted by Gasteiger charge is 2.29. The molecule has 0 aliphatic carbocycles. The summed E-state index contributed by atoms with van der Waals surface area (Å²) < 4.78 is 0. The quantitative estimate of drug-likeness (QED) is 0.487. The fraction of sp³-hybridized carbons (Fsp3) is 0.217. The fourth-order valence-corrected chi connectivity index (χ4v) is 4.84. The third-order valence-corrected chi connectivity index (χ3v) is 6.38. The molecule has 24 heavy (non-hydrogen) atoms. The first-order valence-electron chi connectivity index (χ1n) is 8.42. The molecule has 0 aromatic heterocycles. The van der Waals surface area contributed by atoms with E-state index in [2.05, 4.69) is 107 Å². The minimum atomic E-state index is -0.0680. The second-order valence-corrected chi connectivity index (χ2v) is 9.24. The second-order valence-electron chi connectivity index (χ2n) is 7.21. The molecule has 0 N–H and O–H groups in total. The molecule has 0 spiro atoms. The van der Waals surface area contributed by atoms with E-state index in [4.69, 9.17) is 0 Å². The van der Waals surface area contributed by atoms with Gasteiger partial charge in [-0.3, -0.25) is 0 Å². The van der Waals surface area contributed by atoms with Crippen molar-refractivity contribution in [2.75, 3.05) is 0 Å². The van der Waals surface area contributed by atoms with Crippen LogP contribution >= 0.6 is 0 Å². The Labute approximate surface area is 148 Å². The third-order valence-electron chi connectivity index (χ3n) is 4.17. The predicted molar refractivity (Wildman–Crippen MR) is 105 cm³/mol. The van der Waals surface area contributed by atoms with Gasteiger partial charge >= 0.3 is 0 Å². The lowest BCUT2D eigenvalue weighted by Crippen LogP contribution is -2.12. The summed E-state index contributed by atoms with van der Waals surface area (Å²) in [7, 11) is -0.0680. The van der Waals surface area contributed by atoms with Crippen LogP contribution in [0.1, 0.15) is 31.9 Å². The highest BCUT2D eigenvalue weighted by Crippen LogP contribution is 2.33. The molecule has 3 aromatic rings. The van der Waals surface area contributed by atoms with E-state index in [-0.39, 0.29) is 16.3 Å². The predicted octanol–water partition coefficient (Wildman–Crippen LogP) is 6.39. The fourth-order valence-electron chi connectivity index (χ4n) is 2.73. The Balaban J connectivity index is 2.14. The van der Waals surface area contributed by atoms with Gasteiger partial charge in [0.15, 0.2) is 14.7 Å². The van der Waals surface area contributed by atoms with E-state index < -0.39 is 0 Å². The number of rotatable bonds is 3. The smallest absolute Gasteiger partial charge is 0.0619 e. The molecule has 0 radical (unpaired) electrons. The molecule has 0 saturated carbocycles. The first kappa shape index (κ1) is 16.9. The van der Waals surface area contributed by atoms with Crippen molar-refractivity contribution in [1.29, 1.82) is 0 Å². The molecular formula is C23H25S+. The molecule has 3 rings (SSSR count). The lowest BCUT2D eigenvalue weighted by molar-refractivity contribution is 0.588. The number of benzene rings is 3. The Hall–Kier alpha value is -1.99. The molecule has 122 valence electrons. The van der Waals surface area contributed by atoms with E-state index in [9.17, 15) is 0 Å². The lowest BCUT2D eigenvalue weighted by Gasteiger charge is -2.19. The van der Waals surface area contributed by atoms with Crippen molar-refractivity contribution in [2.45, 2.75) is 47.8 Å². The topological polar surface area (TPSA) is 0 Å². The summed E-state index contributed by atoms with van der Waals surface area (Å²) in [5, 5.41) is 0. The van der Waals surface area contributed by atoms with Crippen LogP contribution in [0.25, 0.3) is 0 Å². The maximum Gasteiger partial charge on any atom is 0.166 e. The Kier molecular flexibility index (Phi) is 4.82. The molecule has 0 heterocycles. The summed E-state index contributed by atoms with van der Waals surface area (Å²) in [6.45, 7) is 8.97. The third kappa shape index (κ3) is 3.73. The molecule has 0 fully saturated rings. The highest BCUT2D eigenvalue weighted by molar-refractivity contribution is 7.97. The number of hydrogen-bond donors (Lipinski definition) is 0. The monoisotopic (exact) mass is 333 g/mol. The van der Waals surface area contributed by atoms with Crippen LogP contribution in [0.4, 0.5) is 0 Å². The first-order valence-corrected chi connectivity index (χ1v) is 9.64. The molecule has 1 heteroatoms. The molecule has 0 nitrogen and oxygen atoms in total. The van der Waals surface area contributed by atoms with Crippen LogP contribution in [0.3, 0.4) is 0 Å². The highest BCUT2D eigenvalue weighted by atomic mass is 32.2. The maximum absolute atomic E-state index is 2.38. The van der Waals surface area contributed by atoms with Crippen molar-refractivity contribution < 1.29 is 0 Å². The Morgan fingerprint density at radius 3 is 1.83 bits per heavy atom. The van der Waals surface area contributed by atoms with Crippen LogP contribution in [-0.2, 0) is 16.3 Å². The molecular weight excluding hydrogens is 308 g/mol. The molecule has 0 aliphatic heterocycles. The van der Waals surface area contributed by atoms with Crippen LogP contribution in [-0.4, -0.2) is 0 Å². The molecule has 0 saturated heterocycles. The normalized spacial score (nSPS) is 12.8. The van der Waals surface area contributed by atoms with Gasteiger partial charge in [0.25, 0.3) is 0 Å². The van der Waals surface area contributed by atoms with Crippen molar-refractivity contribution in [3.05, 3.63) is 90.0 Å². The minimum absolute atomic E-state index is 0.0680. The SMILES string of the molecule is Cc1ccc([S+](c2ccccc2)c2cccc(C(C)(C)C)c2)cc1. The van der Waals surface area contributed by atoms with Gasteiger partial charge in [-0.15, -0.1) is 0 Å². The zero-order valence-electron chi connectivity index (χ0n) is 14.9. The summed E-state index contributed by atoms with van der Waals surface area (Å²) >= 11 is 0. The summed E-state index contributed by atoms with van der Waals surface area (Å²) in [6, 6.07) is 28.9. The lowest BCUT2D eigenvalue weighted by atomic mass is 9.87. The van der Waals surface area contributed by atoms with E-state index in [1.54, 1.807) is 0 Å². The largest absolute Gasteiger partial charge is 0.166 e. The average Bonchev–Trinajstić information content (AvgIpc) is 2.57. The van der Waals surface area contributed by atoms with Crippen molar-refractivity contribution in [3.63, 3.8) is 0 Å². The van der Waals surface area contributed by atoms with E-state index in [0.29, 0.717) is 0 Å². The van der Waals surface area contributed by atoms with E-state index >= 15 is 0 Å². The number of hydrogen-bond acceptors (Lipinski definition) is 0. The summed E-state index contributed by atoms with van der Waals surface area (Å²) in [4.78, 5) is 4.13. The zero-order chi connectivity index (χ0) is 17.2. The Bertz CT molecular complexity index is 795. The van der Waals surface area contributed by atoms with Gasteiger partial charge in [-0.2, -0.15) is 0 Å². The van der Waals surface area contributed by atoms with Crippen molar-refractivity contribution in [3.8, 4) is 0 Å². The Morgan fingerprint density at radius 1 is 0.625 bits per heavy atom. The molecule has 1 atom stereocenters. The standard InChI is InChI=1S/C23H25S/c1-18-13-15-21(16-14-18)24(20-10-6-5-7-11-20)22-12-8-9-19(17-22)23(2,3)4/h5-17H,1-4H3/q+1. The number of aryl methyl sites for hydroxylation is 1. The van der Waals surface area contributed by atoms with Crippen LogP contribution in [0.5, 0.6) is 0 Å². The molecule has 0 bridgehead atoms. The van der Waals surface area contributed by atoms with E-state index in [1.165, 1.54) is 25.8 Å². The van der Waals surface area contributed by atoms with Crippen LogP contribution < -0.4 is 0 Å². The van der Waals surface area contributed by atoms with Crippen LogP contribution in [0.2, 0.25) is 0 Å². The van der Waals surface area contributed by atoms with Gasteiger partial charge in [0.05, 0.1) is 10.9 Å². The van der Waals surface area contributed by atoms with Crippen LogP contribution in [0.15, 0.2) is 93.5 Å². The van der Waals surface area contributed by atoms with Gasteiger partial charge in [-0.1, -0.05) is 68.8 Å². The van der Waals surface area contributed by atoms with Crippen molar-refractivity contribution in [2.24, 2.45) is 0 Å². The zero-order valence-corrected chi connectivity index (χ0v) is 15.7. The van der Waals surface area contributed by atoms with Crippen molar-refractivity contribution >= 4 is 10.9 Å². The molecule has 3 aromatic carbocycles. The van der Waals surface area contributed by atoms with Gasteiger partial charge < -0.3 is 0 Å². The summed E-state index contributed by atoms with van der Waals surface area (Å²) in [6.07, 6.45) is 0. The maximum atomic E-state index is 2.38. The van der Waals surface area contributed by atoms with Gasteiger partial charge in [0.1, 0.15) is 0 Å².